The minimum absolute atomic E-state index is 0.0967. The molecule has 0 bridgehead atoms. The van der Waals surface area contributed by atoms with E-state index < -0.39 is 23.9 Å². The van der Waals surface area contributed by atoms with E-state index in [0.29, 0.717) is 13.0 Å². The molecule has 3 rings (SSSR count). The standard InChI is InChI=1S/C25H31NO5/c1-25(2,3)31-24(29)26-15-14-20(21(27)17-26)16-22(28)30-23(18-10-6-4-7-11-18)19-12-8-5-9-13-19/h4-13,20-21,23,27H,14-17H2,1-3H3/t20-,21-/m1/s1. The molecule has 2 atom stereocenters. The summed E-state index contributed by atoms with van der Waals surface area (Å²) in [6.45, 7) is 6.00. The summed E-state index contributed by atoms with van der Waals surface area (Å²) in [6, 6.07) is 19.2. The van der Waals surface area contributed by atoms with Crippen LogP contribution in [0.1, 0.15) is 50.8 Å². The SMILES string of the molecule is CC(C)(C)OC(=O)N1CC[C@H](CC(=O)OC(c2ccccc2)c2ccccc2)[C@H](O)C1. The van der Waals surface area contributed by atoms with Gasteiger partial charge in [-0.2, -0.15) is 0 Å². The Bertz CT molecular complexity index is 823. The lowest BCUT2D eigenvalue weighted by Gasteiger charge is -2.36. The fourth-order valence-electron chi connectivity index (χ4n) is 3.69. The number of carbonyl (C=O) groups excluding carboxylic acids is 2. The van der Waals surface area contributed by atoms with Crippen LogP contribution in [0.5, 0.6) is 0 Å². The molecule has 1 fully saturated rings. The maximum atomic E-state index is 12.8. The molecule has 2 aromatic carbocycles. The van der Waals surface area contributed by atoms with Gasteiger partial charge in [-0.3, -0.25) is 4.79 Å². The Labute approximate surface area is 183 Å². The Balaban J connectivity index is 1.61. The van der Waals surface area contributed by atoms with Crippen LogP contribution < -0.4 is 0 Å². The lowest BCUT2D eigenvalue weighted by molar-refractivity contribution is -0.150. The number of piperidine rings is 1. The number of aliphatic hydroxyl groups excluding tert-OH is 1. The van der Waals surface area contributed by atoms with Crippen molar-refractivity contribution in [2.45, 2.75) is 51.4 Å². The van der Waals surface area contributed by atoms with Gasteiger partial charge in [0, 0.05) is 6.54 Å². The number of aliphatic hydroxyl groups is 1. The van der Waals surface area contributed by atoms with Gasteiger partial charge < -0.3 is 19.5 Å². The molecule has 0 spiro atoms. The number of ether oxygens (including phenoxy) is 2. The fourth-order valence-corrected chi connectivity index (χ4v) is 3.69. The van der Waals surface area contributed by atoms with Crippen LogP contribution in [-0.2, 0) is 14.3 Å². The number of carbonyl (C=O) groups is 2. The van der Waals surface area contributed by atoms with Gasteiger partial charge in [-0.25, -0.2) is 4.79 Å². The molecule has 1 saturated heterocycles. The molecule has 1 aliphatic heterocycles. The van der Waals surface area contributed by atoms with Crippen molar-refractivity contribution in [3.8, 4) is 0 Å². The van der Waals surface area contributed by atoms with Crippen molar-refractivity contribution in [3.63, 3.8) is 0 Å². The molecule has 0 saturated carbocycles. The van der Waals surface area contributed by atoms with Gasteiger partial charge in [0.1, 0.15) is 5.60 Å². The molecule has 2 aromatic rings. The first-order valence-electron chi connectivity index (χ1n) is 10.7. The second kappa shape index (κ2) is 9.96. The summed E-state index contributed by atoms with van der Waals surface area (Å²) in [6.07, 6.45) is -1.15. The monoisotopic (exact) mass is 425 g/mol. The number of hydrogen-bond acceptors (Lipinski definition) is 5. The molecule has 1 heterocycles. The highest BCUT2D eigenvalue weighted by Gasteiger charge is 2.34. The average Bonchev–Trinajstić information content (AvgIpc) is 2.73. The van der Waals surface area contributed by atoms with Crippen LogP contribution in [0, 0.1) is 5.92 Å². The first kappa shape index (κ1) is 22.8. The van der Waals surface area contributed by atoms with Crippen LogP contribution in [-0.4, -0.2) is 46.9 Å². The predicted molar refractivity (Wildman–Crippen MR) is 117 cm³/mol. The van der Waals surface area contributed by atoms with Crippen molar-refractivity contribution < 1.29 is 24.2 Å². The van der Waals surface area contributed by atoms with Crippen LogP contribution in [0.4, 0.5) is 4.79 Å². The first-order valence-corrected chi connectivity index (χ1v) is 10.7. The molecule has 6 heteroatoms. The molecule has 0 unspecified atom stereocenters. The van der Waals surface area contributed by atoms with Gasteiger partial charge in [0.2, 0.25) is 0 Å². The second-order valence-corrected chi connectivity index (χ2v) is 8.94. The topological polar surface area (TPSA) is 76.1 Å². The highest BCUT2D eigenvalue weighted by atomic mass is 16.6. The van der Waals surface area contributed by atoms with E-state index >= 15 is 0 Å². The first-order chi connectivity index (χ1) is 14.7. The summed E-state index contributed by atoms with van der Waals surface area (Å²) in [7, 11) is 0. The molecule has 31 heavy (non-hydrogen) atoms. The van der Waals surface area contributed by atoms with Gasteiger partial charge in [-0.15, -0.1) is 0 Å². The van der Waals surface area contributed by atoms with Crippen molar-refractivity contribution in [2.24, 2.45) is 5.92 Å². The lowest BCUT2D eigenvalue weighted by atomic mass is 9.91. The summed E-state index contributed by atoms with van der Waals surface area (Å²) in [5.41, 5.74) is 1.19. The van der Waals surface area contributed by atoms with E-state index in [4.69, 9.17) is 9.47 Å². The Morgan fingerprint density at radius 3 is 2.06 bits per heavy atom. The van der Waals surface area contributed by atoms with Crippen molar-refractivity contribution >= 4 is 12.1 Å². The average molecular weight is 426 g/mol. The molecule has 6 nitrogen and oxygen atoms in total. The van der Waals surface area contributed by atoms with Crippen molar-refractivity contribution in [3.05, 3.63) is 71.8 Å². The van der Waals surface area contributed by atoms with Gasteiger partial charge in [0.25, 0.3) is 0 Å². The maximum absolute atomic E-state index is 12.8. The number of esters is 1. The van der Waals surface area contributed by atoms with E-state index in [2.05, 4.69) is 0 Å². The Morgan fingerprint density at radius 1 is 1.03 bits per heavy atom. The fraction of sp³-hybridized carbons (Fsp3) is 0.440. The third-order valence-corrected chi connectivity index (χ3v) is 5.26. The molecule has 166 valence electrons. The summed E-state index contributed by atoms with van der Waals surface area (Å²) in [5, 5.41) is 10.5. The molecule has 0 radical (unpaired) electrons. The molecule has 1 aliphatic rings. The van der Waals surface area contributed by atoms with E-state index in [1.807, 2.05) is 60.7 Å². The largest absolute Gasteiger partial charge is 0.453 e. The second-order valence-electron chi connectivity index (χ2n) is 8.94. The zero-order valence-corrected chi connectivity index (χ0v) is 18.4. The van der Waals surface area contributed by atoms with E-state index in [0.717, 1.165) is 11.1 Å². The third-order valence-electron chi connectivity index (χ3n) is 5.26. The summed E-state index contributed by atoms with van der Waals surface area (Å²) in [5.74, 6) is -0.633. The molecular weight excluding hydrogens is 394 g/mol. The van der Waals surface area contributed by atoms with Gasteiger partial charge in [-0.1, -0.05) is 60.7 Å². The summed E-state index contributed by atoms with van der Waals surface area (Å²) in [4.78, 5) is 26.5. The zero-order chi connectivity index (χ0) is 22.4. The summed E-state index contributed by atoms with van der Waals surface area (Å²) >= 11 is 0. The van der Waals surface area contributed by atoms with Crippen LogP contribution in [0.25, 0.3) is 0 Å². The minimum atomic E-state index is -0.805. The lowest BCUT2D eigenvalue weighted by Crippen LogP contribution is -2.48. The number of β-amino-alcohol motifs (C(OH)–C–C–N with tert-alkyl or cyclic N) is 1. The van der Waals surface area contributed by atoms with Crippen molar-refractivity contribution in [2.75, 3.05) is 13.1 Å². The van der Waals surface area contributed by atoms with Crippen LogP contribution in [0.15, 0.2) is 60.7 Å². The maximum Gasteiger partial charge on any atom is 0.410 e. The smallest absolute Gasteiger partial charge is 0.410 e. The van der Waals surface area contributed by atoms with Gasteiger partial charge in [-0.05, 0) is 44.2 Å². The van der Waals surface area contributed by atoms with E-state index in [9.17, 15) is 14.7 Å². The normalized spacial score (nSPS) is 19.2. The van der Waals surface area contributed by atoms with Crippen molar-refractivity contribution in [1.82, 2.24) is 4.90 Å². The molecule has 0 aromatic heterocycles. The minimum Gasteiger partial charge on any atom is -0.453 e. The van der Waals surface area contributed by atoms with Crippen LogP contribution in [0.2, 0.25) is 0 Å². The van der Waals surface area contributed by atoms with E-state index in [1.165, 1.54) is 4.90 Å². The van der Waals surface area contributed by atoms with Crippen molar-refractivity contribution in [1.29, 1.82) is 0 Å². The van der Waals surface area contributed by atoms with Crippen LogP contribution in [0.3, 0.4) is 0 Å². The number of likely N-dealkylation sites (tertiary alicyclic amines) is 1. The highest BCUT2D eigenvalue weighted by molar-refractivity contribution is 5.71. The van der Waals surface area contributed by atoms with E-state index in [-0.39, 0.29) is 24.9 Å². The van der Waals surface area contributed by atoms with Crippen LogP contribution >= 0.6 is 0 Å². The number of benzene rings is 2. The predicted octanol–water partition coefficient (Wildman–Crippen LogP) is 4.33. The number of amides is 1. The van der Waals surface area contributed by atoms with Gasteiger partial charge in [0.05, 0.1) is 19.1 Å². The zero-order valence-electron chi connectivity index (χ0n) is 18.4. The Morgan fingerprint density at radius 2 is 1.58 bits per heavy atom. The number of nitrogens with zero attached hydrogens (tertiary/aromatic N) is 1. The Hall–Kier alpha value is -2.86. The quantitative estimate of drug-likeness (QED) is 0.722. The molecule has 0 aliphatic carbocycles. The van der Waals surface area contributed by atoms with Gasteiger partial charge >= 0.3 is 12.1 Å². The molecule has 1 N–H and O–H groups in total. The third kappa shape index (κ3) is 6.56. The number of hydrogen-bond donors (Lipinski definition) is 1. The van der Waals surface area contributed by atoms with E-state index in [1.54, 1.807) is 20.8 Å². The van der Waals surface area contributed by atoms with Gasteiger partial charge in [0.15, 0.2) is 6.10 Å². The summed E-state index contributed by atoms with van der Waals surface area (Å²) < 4.78 is 11.2. The molecule has 1 amide bonds. The Kier molecular flexibility index (Phi) is 7.33. The number of rotatable bonds is 5. The molecular formula is C25H31NO5. The highest BCUT2D eigenvalue weighted by Crippen LogP contribution is 2.29.